The quantitative estimate of drug-likeness (QED) is 0.325. The highest BCUT2D eigenvalue weighted by atomic mass is 19.4. The second-order valence-electron chi connectivity index (χ2n) is 8.49. The summed E-state index contributed by atoms with van der Waals surface area (Å²) in [6, 6.07) is 12.7. The fourth-order valence-electron chi connectivity index (χ4n) is 3.74. The van der Waals surface area contributed by atoms with E-state index in [-0.39, 0.29) is 12.8 Å². The number of hydrogen-bond acceptors (Lipinski definition) is 3. The number of benzene rings is 2. The van der Waals surface area contributed by atoms with Gasteiger partial charge in [0.05, 0.1) is 0 Å². The average molecular weight is 527 g/mol. The van der Waals surface area contributed by atoms with E-state index in [0.717, 1.165) is 12.3 Å². The summed E-state index contributed by atoms with van der Waals surface area (Å²) in [4.78, 5) is 16.3. The molecule has 2 N–H and O–H groups in total. The highest BCUT2D eigenvalue weighted by Gasteiger charge is 2.33. The van der Waals surface area contributed by atoms with E-state index in [1.807, 2.05) is 5.32 Å². The van der Waals surface area contributed by atoms with Crippen LogP contribution in [0.15, 0.2) is 66.9 Å². The molecule has 0 bridgehead atoms. The summed E-state index contributed by atoms with van der Waals surface area (Å²) in [6.07, 6.45) is -7.64. The fraction of sp³-hybridized carbons (Fsp3) is 0.308. The Kier molecular flexibility index (Phi) is 8.90. The molecular weight excluding hydrogens is 503 g/mol. The number of amides is 1. The number of halogens is 7. The molecule has 1 aromatic heterocycles. The largest absolute Gasteiger partial charge is 0.433 e. The van der Waals surface area contributed by atoms with Gasteiger partial charge in [0.25, 0.3) is 0 Å². The van der Waals surface area contributed by atoms with Gasteiger partial charge in [-0.15, -0.1) is 0 Å². The highest BCUT2D eigenvalue weighted by molar-refractivity contribution is 5.83. The van der Waals surface area contributed by atoms with Gasteiger partial charge in [-0.2, -0.15) is 26.3 Å². The van der Waals surface area contributed by atoms with Crippen LogP contribution in [0.25, 0.3) is 0 Å². The third-order valence-electron chi connectivity index (χ3n) is 5.65. The van der Waals surface area contributed by atoms with Gasteiger partial charge in [0.2, 0.25) is 5.91 Å². The summed E-state index contributed by atoms with van der Waals surface area (Å²) in [7, 11) is 0. The van der Waals surface area contributed by atoms with Crippen LogP contribution in [-0.2, 0) is 17.4 Å². The van der Waals surface area contributed by atoms with Crippen LogP contribution in [-0.4, -0.2) is 23.6 Å². The number of aromatic nitrogens is 1. The van der Waals surface area contributed by atoms with Gasteiger partial charge in [0, 0.05) is 12.2 Å². The predicted molar refractivity (Wildman–Crippen MR) is 123 cm³/mol. The molecule has 3 rings (SSSR count). The Morgan fingerprint density at radius 1 is 0.946 bits per heavy atom. The molecule has 37 heavy (non-hydrogen) atoms. The zero-order chi connectivity index (χ0) is 27.2. The monoisotopic (exact) mass is 527 g/mol. The summed E-state index contributed by atoms with van der Waals surface area (Å²) in [5.41, 5.74) is 0.728. The topological polar surface area (TPSA) is 54.0 Å². The van der Waals surface area contributed by atoms with Crippen LogP contribution in [0.1, 0.15) is 46.5 Å². The van der Waals surface area contributed by atoms with E-state index in [4.69, 9.17) is 0 Å². The van der Waals surface area contributed by atoms with Crippen molar-refractivity contribution in [3.8, 4) is 0 Å². The van der Waals surface area contributed by atoms with Crippen molar-refractivity contribution >= 4 is 5.91 Å². The van der Waals surface area contributed by atoms with Crippen LogP contribution < -0.4 is 10.6 Å². The summed E-state index contributed by atoms with van der Waals surface area (Å²) < 4.78 is 90.7. The molecule has 1 amide bonds. The lowest BCUT2D eigenvalue weighted by Gasteiger charge is -2.27. The third-order valence-corrected chi connectivity index (χ3v) is 5.65. The lowest BCUT2D eigenvalue weighted by Crippen LogP contribution is -2.42. The van der Waals surface area contributed by atoms with E-state index in [1.165, 1.54) is 18.2 Å². The standard InChI is InChI=1S/C26H24F7N3O/c1-16-13-19(9-10-20(16)27)21(11-7-17-8-12-22(34-14-17)26(31,32)33)36-23(18-5-3-2-4-6-18)24(37)35-15-25(28,29)30/h2-6,8-10,12-14,21,23,36H,7,11,15H2,1H3,(H,35,37). The number of alkyl halides is 6. The van der Waals surface area contributed by atoms with E-state index in [2.05, 4.69) is 10.3 Å². The molecule has 4 nitrogen and oxygen atoms in total. The zero-order valence-corrected chi connectivity index (χ0v) is 19.6. The van der Waals surface area contributed by atoms with Crippen molar-refractivity contribution in [2.75, 3.05) is 6.54 Å². The number of carbonyl (C=O) groups excluding carboxylic acids is 1. The van der Waals surface area contributed by atoms with Gasteiger partial charge in [-0.05, 0) is 54.2 Å². The first kappa shape index (κ1) is 28.1. The zero-order valence-electron chi connectivity index (χ0n) is 19.6. The Morgan fingerprint density at radius 3 is 2.22 bits per heavy atom. The van der Waals surface area contributed by atoms with Gasteiger partial charge in [-0.3, -0.25) is 15.1 Å². The minimum atomic E-state index is -4.61. The maximum Gasteiger partial charge on any atom is 0.433 e. The molecule has 3 aromatic rings. The van der Waals surface area contributed by atoms with Crippen LogP contribution in [0.4, 0.5) is 30.7 Å². The minimum Gasteiger partial charge on any atom is -0.345 e. The van der Waals surface area contributed by atoms with Crippen molar-refractivity contribution in [1.29, 1.82) is 0 Å². The van der Waals surface area contributed by atoms with Crippen LogP contribution >= 0.6 is 0 Å². The van der Waals surface area contributed by atoms with E-state index in [9.17, 15) is 35.5 Å². The highest BCUT2D eigenvalue weighted by Crippen LogP contribution is 2.29. The molecule has 0 spiro atoms. The van der Waals surface area contributed by atoms with Crippen molar-refractivity contribution < 1.29 is 35.5 Å². The molecule has 0 aliphatic carbocycles. The molecule has 0 aliphatic rings. The van der Waals surface area contributed by atoms with Gasteiger partial charge >= 0.3 is 12.4 Å². The SMILES string of the molecule is Cc1cc(C(CCc2ccc(C(F)(F)F)nc2)NC(C(=O)NCC(F)(F)F)c2ccccc2)ccc1F. The summed E-state index contributed by atoms with van der Waals surface area (Å²) >= 11 is 0. The first-order valence-corrected chi connectivity index (χ1v) is 11.3. The van der Waals surface area contributed by atoms with Crippen LogP contribution in [0.5, 0.6) is 0 Å². The third kappa shape index (κ3) is 8.28. The van der Waals surface area contributed by atoms with E-state index < -0.39 is 48.4 Å². The maximum atomic E-state index is 13.9. The number of nitrogens with zero attached hydrogens (tertiary/aromatic N) is 1. The molecule has 0 fully saturated rings. The molecule has 198 valence electrons. The molecule has 1 heterocycles. The first-order valence-electron chi connectivity index (χ1n) is 11.3. The Hall–Kier alpha value is -3.47. The van der Waals surface area contributed by atoms with Gasteiger partial charge in [0.1, 0.15) is 24.1 Å². The number of pyridine rings is 1. The molecule has 2 atom stereocenters. The van der Waals surface area contributed by atoms with Gasteiger partial charge in [-0.1, -0.05) is 48.5 Å². The molecule has 0 saturated carbocycles. The van der Waals surface area contributed by atoms with E-state index >= 15 is 0 Å². The van der Waals surface area contributed by atoms with Crippen molar-refractivity contribution in [1.82, 2.24) is 15.6 Å². The summed E-state index contributed by atoms with van der Waals surface area (Å²) in [5.74, 6) is -1.37. The molecule has 2 aromatic carbocycles. The Morgan fingerprint density at radius 2 is 1.65 bits per heavy atom. The molecule has 11 heteroatoms. The fourth-order valence-corrected chi connectivity index (χ4v) is 3.74. The van der Waals surface area contributed by atoms with Gasteiger partial charge in [0.15, 0.2) is 0 Å². The van der Waals surface area contributed by atoms with E-state index in [0.29, 0.717) is 22.3 Å². The lowest BCUT2D eigenvalue weighted by molar-refractivity contribution is -0.141. The number of nitrogens with one attached hydrogen (secondary N) is 2. The molecule has 0 radical (unpaired) electrons. The minimum absolute atomic E-state index is 0.227. The average Bonchev–Trinajstić information content (AvgIpc) is 2.84. The summed E-state index contributed by atoms with van der Waals surface area (Å²) in [5, 5.41) is 4.96. The smallest absolute Gasteiger partial charge is 0.345 e. The summed E-state index contributed by atoms with van der Waals surface area (Å²) in [6.45, 7) is 0.0226. The molecule has 2 unspecified atom stereocenters. The van der Waals surface area contributed by atoms with Crippen LogP contribution in [0.2, 0.25) is 0 Å². The lowest BCUT2D eigenvalue weighted by atomic mass is 9.95. The Balaban J connectivity index is 1.89. The van der Waals surface area contributed by atoms with Crippen LogP contribution in [0, 0.1) is 12.7 Å². The number of rotatable bonds is 9. The van der Waals surface area contributed by atoms with Crippen molar-refractivity contribution in [3.05, 3.63) is 101 Å². The Bertz CT molecular complexity index is 1180. The van der Waals surface area contributed by atoms with Gasteiger partial charge in [-0.25, -0.2) is 4.39 Å². The van der Waals surface area contributed by atoms with Gasteiger partial charge < -0.3 is 5.32 Å². The molecule has 0 aliphatic heterocycles. The first-order chi connectivity index (χ1) is 17.3. The molecular formula is C26H24F7N3O. The number of carbonyl (C=O) groups is 1. The second kappa shape index (κ2) is 11.7. The van der Waals surface area contributed by atoms with Crippen molar-refractivity contribution in [2.24, 2.45) is 0 Å². The van der Waals surface area contributed by atoms with Crippen LogP contribution in [0.3, 0.4) is 0 Å². The van der Waals surface area contributed by atoms with E-state index in [1.54, 1.807) is 43.3 Å². The molecule has 0 saturated heterocycles. The predicted octanol–water partition coefficient (Wildman–Crippen LogP) is 6.23. The number of aryl methyl sites for hydroxylation is 2. The maximum absolute atomic E-state index is 13.9. The number of hydrogen-bond donors (Lipinski definition) is 2. The van der Waals surface area contributed by atoms with Crippen molar-refractivity contribution in [2.45, 2.75) is 44.2 Å². The normalized spacial score (nSPS) is 13.7. The Labute approximate surface area is 208 Å². The second-order valence-corrected chi connectivity index (χ2v) is 8.49. The van der Waals surface area contributed by atoms with Crippen molar-refractivity contribution in [3.63, 3.8) is 0 Å².